The predicted molar refractivity (Wildman–Crippen MR) is 50.2 cm³/mol. The second kappa shape index (κ2) is 5.24. The molecule has 12 heavy (non-hydrogen) atoms. The monoisotopic (exact) mass is 186 g/mol. The van der Waals surface area contributed by atoms with Gasteiger partial charge in [0.1, 0.15) is 5.01 Å². The molecule has 0 fully saturated rings. The van der Waals surface area contributed by atoms with Gasteiger partial charge < -0.3 is 10.4 Å². The van der Waals surface area contributed by atoms with Crippen LogP contribution in [-0.2, 0) is 0 Å². The Labute approximate surface area is 76.5 Å². The van der Waals surface area contributed by atoms with E-state index >= 15 is 0 Å². The van der Waals surface area contributed by atoms with Gasteiger partial charge in [-0.05, 0) is 19.9 Å². The molecule has 0 aliphatic rings. The van der Waals surface area contributed by atoms with Crippen molar-refractivity contribution in [2.45, 2.75) is 19.4 Å². The van der Waals surface area contributed by atoms with E-state index in [4.69, 9.17) is 5.11 Å². The maximum absolute atomic E-state index is 8.56. The van der Waals surface area contributed by atoms with Crippen LogP contribution in [-0.4, -0.2) is 23.2 Å². The summed E-state index contributed by atoms with van der Waals surface area (Å²) in [4.78, 5) is 4.19. The Hall–Kier alpha value is -0.450. The standard InChI is InChI=1S/C8H14N2OS/c1-7(9-3-2-5-11)8-10-4-6-12-8/h4,6-7,9,11H,2-3,5H2,1H3/t7-/m0/s1. The number of nitrogens with zero attached hydrogens (tertiary/aromatic N) is 1. The second-order valence-electron chi connectivity index (χ2n) is 2.62. The maximum Gasteiger partial charge on any atom is 0.109 e. The Morgan fingerprint density at radius 3 is 3.17 bits per heavy atom. The molecule has 2 N–H and O–H groups in total. The number of rotatable bonds is 5. The quantitative estimate of drug-likeness (QED) is 0.679. The Balaban J connectivity index is 2.25. The highest BCUT2D eigenvalue weighted by Crippen LogP contribution is 2.13. The molecular formula is C8H14N2OS. The summed E-state index contributed by atoms with van der Waals surface area (Å²) in [5.41, 5.74) is 0. The Kier molecular flexibility index (Phi) is 4.21. The van der Waals surface area contributed by atoms with Crippen LogP contribution < -0.4 is 5.32 Å². The SMILES string of the molecule is C[C@H](NCCCO)c1nccs1. The van der Waals surface area contributed by atoms with Crippen LogP contribution in [0.3, 0.4) is 0 Å². The minimum absolute atomic E-state index is 0.248. The van der Waals surface area contributed by atoms with Gasteiger partial charge in [-0.15, -0.1) is 11.3 Å². The van der Waals surface area contributed by atoms with Gasteiger partial charge in [-0.25, -0.2) is 4.98 Å². The van der Waals surface area contributed by atoms with Gasteiger partial charge in [-0.2, -0.15) is 0 Å². The lowest BCUT2D eigenvalue weighted by molar-refractivity contribution is 0.284. The second-order valence-corrected chi connectivity index (χ2v) is 3.55. The van der Waals surface area contributed by atoms with Crippen molar-refractivity contribution in [3.8, 4) is 0 Å². The number of thiazole rings is 1. The van der Waals surface area contributed by atoms with E-state index in [9.17, 15) is 0 Å². The van der Waals surface area contributed by atoms with E-state index in [1.54, 1.807) is 11.3 Å². The highest BCUT2D eigenvalue weighted by molar-refractivity contribution is 7.09. The molecule has 0 aromatic carbocycles. The minimum Gasteiger partial charge on any atom is -0.396 e. The summed E-state index contributed by atoms with van der Waals surface area (Å²) in [6.07, 6.45) is 2.61. The summed E-state index contributed by atoms with van der Waals surface area (Å²) >= 11 is 1.65. The third-order valence-electron chi connectivity index (χ3n) is 1.61. The molecule has 0 saturated heterocycles. The van der Waals surface area contributed by atoms with Gasteiger partial charge in [0, 0.05) is 18.2 Å². The predicted octanol–water partition coefficient (Wildman–Crippen LogP) is 1.18. The van der Waals surface area contributed by atoms with E-state index in [0.29, 0.717) is 6.04 Å². The fourth-order valence-corrected chi connectivity index (χ4v) is 1.60. The number of nitrogens with one attached hydrogen (secondary N) is 1. The highest BCUT2D eigenvalue weighted by atomic mass is 32.1. The summed E-state index contributed by atoms with van der Waals surface area (Å²) in [6.45, 7) is 3.17. The van der Waals surface area contributed by atoms with Crippen LogP contribution in [0, 0.1) is 0 Å². The van der Waals surface area contributed by atoms with Gasteiger partial charge >= 0.3 is 0 Å². The van der Waals surface area contributed by atoms with E-state index < -0.39 is 0 Å². The summed E-state index contributed by atoms with van der Waals surface area (Å²) in [5, 5.41) is 14.9. The largest absolute Gasteiger partial charge is 0.396 e. The van der Waals surface area contributed by atoms with E-state index in [1.807, 2.05) is 11.6 Å². The molecule has 1 aromatic rings. The van der Waals surface area contributed by atoms with E-state index in [2.05, 4.69) is 17.2 Å². The number of hydrogen-bond donors (Lipinski definition) is 2. The Morgan fingerprint density at radius 1 is 1.75 bits per heavy atom. The molecule has 0 aliphatic heterocycles. The van der Waals surface area contributed by atoms with E-state index in [0.717, 1.165) is 18.0 Å². The lowest BCUT2D eigenvalue weighted by Gasteiger charge is -2.09. The van der Waals surface area contributed by atoms with Crippen LogP contribution >= 0.6 is 11.3 Å². The topological polar surface area (TPSA) is 45.1 Å². The van der Waals surface area contributed by atoms with E-state index in [1.165, 1.54) is 0 Å². The molecule has 0 amide bonds. The van der Waals surface area contributed by atoms with Crippen molar-refractivity contribution in [2.24, 2.45) is 0 Å². The van der Waals surface area contributed by atoms with Gasteiger partial charge in [0.15, 0.2) is 0 Å². The van der Waals surface area contributed by atoms with Gasteiger partial charge in [-0.1, -0.05) is 0 Å². The van der Waals surface area contributed by atoms with Crippen LogP contribution in [0.1, 0.15) is 24.4 Å². The molecule has 0 unspecified atom stereocenters. The third-order valence-corrected chi connectivity index (χ3v) is 2.57. The number of aliphatic hydroxyl groups excluding tert-OH is 1. The first-order chi connectivity index (χ1) is 5.84. The molecule has 3 nitrogen and oxygen atoms in total. The fraction of sp³-hybridized carbons (Fsp3) is 0.625. The molecular weight excluding hydrogens is 172 g/mol. The molecule has 0 radical (unpaired) electrons. The van der Waals surface area contributed by atoms with Crippen LogP contribution in [0.2, 0.25) is 0 Å². The molecule has 1 aromatic heterocycles. The first-order valence-corrected chi connectivity index (χ1v) is 4.96. The fourth-order valence-electron chi connectivity index (χ4n) is 0.933. The van der Waals surface area contributed by atoms with Crippen LogP contribution in [0.5, 0.6) is 0 Å². The average molecular weight is 186 g/mol. The Bertz CT molecular complexity index is 201. The Morgan fingerprint density at radius 2 is 2.58 bits per heavy atom. The maximum atomic E-state index is 8.56. The van der Waals surface area contributed by atoms with Gasteiger partial charge in [-0.3, -0.25) is 0 Å². The van der Waals surface area contributed by atoms with Gasteiger partial charge in [0.05, 0.1) is 6.04 Å². The molecule has 1 heterocycles. The zero-order valence-corrected chi connectivity index (χ0v) is 7.97. The van der Waals surface area contributed by atoms with Gasteiger partial charge in [0.25, 0.3) is 0 Å². The van der Waals surface area contributed by atoms with Crippen molar-refractivity contribution in [3.05, 3.63) is 16.6 Å². The molecule has 0 bridgehead atoms. The third kappa shape index (κ3) is 2.89. The zero-order valence-electron chi connectivity index (χ0n) is 7.16. The van der Waals surface area contributed by atoms with Crippen LogP contribution in [0.15, 0.2) is 11.6 Å². The summed E-state index contributed by atoms with van der Waals surface area (Å²) in [6, 6.07) is 0.302. The molecule has 68 valence electrons. The molecule has 1 rings (SSSR count). The van der Waals surface area contributed by atoms with E-state index in [-0.39, 0.29) is 6.61 Å². The highest BCUT2D eigenvalue weighted by Gasteiger charge is 2.05. The molecule has 0 saturated carbocycles. The molecule has 4 heteroatoms. The van der Waals surface area contributed by atoms with Crippen molar-refractivity contribution in [1.82, 2.24) is 10.3 Å². The summed E-state index contributed by atoms with van der Waals surface area (Å²) in [7, 11) is 0. The molecule has 0 spiro atoms. The van der Waals surface area contributed by atoms with Crippen molar-refractivity contribution in [3.63, 3.8) is 0 Å². The van der Waals surface area contributed by atoms with Crippen molar-refractivity contribution >= 4 is 11.3 Å². The molecule has 1 atom stereocenters. The number of aromatic nitrogens is 1. The lowest BCUT2D eigenvalue weighted by Crippen LogP contribution is -2.20. The van der Waals surface area contributed by atoms with Crippen LogP contribution in [0.4, 0.5) is 0 Å². The number of hydrogen-bond acceptors (Lipinski definition) is 4. The lowest BCUT2D eigenvalue weighted by atomic mass is 10.3. The average Bonchev–Trinajstić information content (AvgIpc) is 2.56. The normalized spacial score (nSPS) is 13.2. The van der Waals surface area contributed by atoms with Crippen molar-refractivity contribution < 1.29 is 5.11 Å². The van der Waals surface area contributed by atoms with Crippen molar-refractivity contribution in [1.29, 1.82) is 0 Å². The smallest absolute Gasteiger partial charge is 0.109 e. The summed E-state index contributed by atoms with van der Waals surface area (Å²) in [5.74, 6) is 0. The first kappa shape index (κ1) is 9.64. The summed E-state index contributed by atoms with van der Waals surface area (Å²) < 4.78 is 0. The zero-order chi connectivity index (χ0) is 8.81. The molecule has 0 aliphatic carbocycles. The minimum atomic E-state index is 0.248. The van der Waals surface area contributed by atoms with Crippen LogP contribution in [0.25, 0.3) is 0 Å². The van der Waals surface area contributed by atoms with Gasteiger partial charge in [0.2, 0.25) is 0 Å². The number of aliphatic hydroxyl groups is 1. The van der Waals surface area contributed by atoms with Crippen molar-refractivity contribution in [2.75, 3.05) is 13.2 Å². The first-order valence-electron chi connectivity index (χ1n) is 4.08.